The van der Waals surface area contributed by atoms with Gasteiger partial charge in [-0.3, -0.25) is 9.69 Å². The number of H-pyrrole nitrogens is 1. The number of nitrogens with one attached hydrogen (secondary N) is 1. The van der Waals surface area contributed by atoms with E-state index in [2.05, 4.69) is 4.98 Å². The van der Waals surface area contributed by atoms with Crippen molar-refractivity contribution in [1.29, 1.82) is 0 Å². The molecule has 0 unspecified atom stereocenters. The van der Waals surface area contributed by atoms with Gasteiger partial charge >= 0.3 is 6.18 Å². The second-order valence-corrected chi connectivity index (χ2v) is 7.40. The number of piperazine rings is 1. The number of halogens is 3. The van der Waals surface area contributed by atoms with Crippen molar-refractivity contribution in [2.24, 2.45) is 0 Å². The number of carbonyl (C=O) groups is 1. The van der Waals surface area contributed by atoms with E-state index in [1.807, 2.05) is 41.0 Å². The zero-order valence-electron chi connectivity index (χ0n) is 14.9. The summed E-state index contributed by atoms with van der Waals surface area (Å²) in [5, 5.41) is 0. The van der Waals surface area contributed by atoms with Gasteiger partial charge in [0.15, 0.2) is 0 Å². The molecule has 2 heterocycles. The molecule has 1 saturated heterocycles. The summed E-state index contributed by atoms with van der Waals surface area (Å²) in [6, 6.07) is 10.5. The zero-order valence-corrected chi connectivity index (χ0v) is 15.7. The Balaban J connectivity index is 1.51. The van der Waals surface area contributed by atoms with Crippen LogP contribution in [0.2, 0.25) is 0 Å². The molecule has 1 amide bonds. The molecule has 2 aromatic rings. The van der Waals surface area contributed by atoms with Gasteiger partial charge in [-0.25, -0.2) is 4.98 Å². The van der Waals surface area contributed by atoms with Crippen LogP contribution >= 0.6 is 11.8 Å². The highest BCUT2D eigenvalue weighted by atomic mass is 32.2. The molecule has 27 heavy (non-hydrogen) atoms. The number of alkyl halides is 3. The monoisotopic (exact) mass is 396 g/mol. The fraction of sp³-hybridized carbons (Fsp3) is 0.368. The number of aromatic amines is 1. The number of hydrogen-bond acceptors (Lipinski definition) is 3. The van der Waals surface area contributed by atoms with Gasteiger partial charge in [-0.15, -0.1) is 11.8 Å². The number of carbonyl (C=O) groups excluding carboxylic acids is 1. The van der Waals surface area contributed by atoms with E-state index in [9.17, 15) is 18.0 Å². The summed E-state index contributed by atoms with van der Waals surface area (Å²) in [5.74, 6) is 1.10. The molecule has 1 N–H and O–H groups in total. The Morgan fingerprint density at radius 3 is 2.41 bits per heavy atom. The van der Waals surface area contributed by atoms with Gasteiger partial charge in [0, 0.05) is 11.0 Å². The summed E-state index contributed by atoms with van der Waals surface area (Å²) in [4.78, 5) is 20.0. The van der Waals surface area contributed by atoms with Crippen LogP contribution in [0.15, 0.2) is 47.5 Å². The number of benzene rings is 1. The topological polar surface area (TPSA) is 37.7 Å². The van der Waals surface area contributed by atoms with Gasteiger partial charge in [-0.1, -0.05) is 18.2 Å². The summed E-state index contributed by atoms with van der Waals surface area (Å²) in [7, 11) is 0. The van der Waals surface area contributed by atoms with E-state index in [4.69, 9.17) is 0 Å². The molecule has 8 heteroatoms. The summed E-state index contributed by atoms with van der Waals surface area (Å²) in [6.45, 7) is 4.31. The Kier molecular flexibility index (Phi) is 5.94. The number of pyridine rings is 1. The summed E-state index contributed by atoms with van der Waals surface area (Å²) in [6.07, 6.45) is -3.37. The molecule has 0 saturated carbocycles. The van der Waals surface area contributed by atoms with Crippen LogP contribution in [0.3, 0.4) is 0 Å². The number of hydrogen-bond donors (Lipinski definition) is 0. The minimum Gasteiger partial charge on any atom is -0.334 e. The first-order valence-electron chi connectivity index (χ1n) is 8.64. The second-order valence-electron chi connectivity index (χ2n) is 6.38. The lowest BCUT2D eigenvalue weighted by Crippen LogP contribution is -2.50. The Hall–Kier alpha value is -2.22. The molecule has 1 aliphatic heterocycles. The van der Waals surface area contributed by atoms with E-state index in [0.29, 0.717) is 37.7 Å². The maximum absolute atomic E-state index is 12.6. The molecule has 1 aromatic heterocycles. The lowest BCUT2D eigenvalue weighted by Gasteiger charge is -2.31. The first-order chi connectivity index (χ1) is 12.8. The van der Waals surface area contributed by atoms with E-state index in [1.54, 1.807) is 0 Å². The molecule has 0 spiro atoms. The quantitative estimate of drug-likeness (QED) is 0.745. The molecule has 0 bridgehead atoms. The van der Waals surface area contributed by atoms with Gasteiger partial charge in [-0.05, 0) is 24.6 Å². The predicted molar refractivity (Wildman–Crippen MR) is 98.7 cm³/mol. The molecule has 1 fully saturated rings. The fourth-order valence-electron chi connectivity index (χ4n) is 2.94. The van der Waals surface area contributed by atoms with Crippen LogP contribution in [0.4, 0.5) is 19.0 Å². The molecule has 3 rings (SSSR count). The van der Waals surface area contributed by atoms with E-state index < -0.39 is 11.7 Å². The van der Waals surface area contributed by atoms with Gasteiger partial charge < -0.3 is 4.90 Å². The average molecular weight is 396 g/mol. The number of aromatic nitrogens is 1. The molecule has 0 radical (unpaired) electrons. The highest BCUT2D eigenvalue weighted by Gasteiger charge is 2.33. The minimum atomic E-state index is -4.35. The second kappa shape index (κ2) is 8.21. The summed E-state index contributed by atoms with van der Waals surface area (Å²) < 4.78 is 37.9. The van der Waals surface area contributed by atoms with Crippen molar-refractivity contribution >= 4 is 23.5 Å². The maximum Gasteiger partial charge on any atom is 0.419 e. The average Bonchev–Trinajstić information content (AvgIpc) is 2.67. The van der Waals surface area contributed by atoms with Crippen LogP contribution in [-0.4, -0.2) is 42.7 Å². The van der Waals surface area contributed by atoms with Crippen molar-refractivity contribution in [3.8, 4) is 0 Å². The van der Waals surface area contributed by atoms with Gasteiger partial charge in [0.1, 0.15) is 19.3 Å². The van der Waals surface area contributed by atoms with Crippen LogP contribution in [0, 0.1) is 6.92 Å². The first-order valence-corrected chi connectivity index (χ1v) is 9.63. The van der Waals surface area contributed by atoms with Gasteiger partial charge in [0.05, 0.1) is 24.4 Å². The third kappa shape index (κ3) is 4.94. The van der Waals surface area contributed by atoms with Gasteiger partial charge in [-0.2, -0.15) is 13.2 Å². The normalized spacial score (nSPS) is 15.1. The molecule has 0 atom stereocenters. The standard InChI is InChI=1S/C19H20F3N3OS/c1-14-4-2-3-5-16(14)27-13-18(26)25-10-8-24(9-11-25)17-7-6-15(12-23-17)19(20,21)22/h2-7,12H,8-11,13H2,1H3/p+1. The Morgan fingerprint density at radius 2 is 1.81 bits per heavy atom. The molecule has 1 aliphatic rings. The number of nitrogens with zero attached hydrogens (tertiary/aromatic N) is 2. The highest BCUT2D eigenvalue weighted by Crippen LogP contribution is 2.28. The lowest BCUT2D eigenvalue weighted by molar-refractivity contribution is -0.367. The van der Waals surface area contributed by atoms with Crippen molar-refractivity contribution in [2.75, 3.05) is 36.8 Å². The number of thioether (sulfide) groups is 1. The zero-order chi connectivity index (χ0) is 19.4. The predicted octanol–water partition coefficient (Wildman–Crippen LogP) is 3.27. The third-order valence-corrected chi connectivity index (χ3v) is 5.70. The lowest BCUT2D eigenvalue weighted by atomic mass is 10.2. The third-order valence-electron chi connectivity index (χ3n) is 4.54. The SMILES string of the molecule is Cc1ccccc1SCC(=O)N1CCN(c2ccc(C(F)(F)F)c[nH+]2)CC1. The molecule has 1 aromatic carbocycles. The van der Waals surface area contributed by atoms with Crippen molar-refractivity contribution in [3.63, 3.8) is 0 Å². The Bertz CT molecular complexity index is 788. The molecular formula is C19H21F3N3OS+. The van der Waals surface area contributed by atoms with E-state index in [0.717, 1.165) is 22.7 Å². The molecule has 4 nitrogen and oxygen atoms in total. The van der Waals surface area contributed by atoms with Crippen LogP contribution < -0.4 is 9.88 Å². The van der Waals surface area contributed by atoms with Gasteiger partial charge in [0.2, 0.25) is 5.91 Å². The van der Waals surface area contributed by atoms with Crippen molar-refractivity contribution in [1.82, 2.24) is 4.90 Å². The number of amides is 1. The molecule has 0 aliphatic carbocycles. The minimum absolute atomic E-state index is 0.0827. The number of rotatable bonds is 4. The summed E-state index contributed by atoms with van der Waals surface area (Å²) in [5.41, 5.74) is 0.450. The van der Waals surface area contributed by atoms with Crippen LogP contribution in [0.25, 0.3) is 0 Å². The Labute approximate surface area is 160 Å². The van der Waals surface area contributed by atoms with Crippen molar-refractivity contribution in [3.05, 3.63) is 53.7 Å². The number of anilines is 1. The van der Waals surface area contributed by atoms with Crippen molar-refractivity contribution in [2.45, 2.75) is 18.0 Å². The molecule has 144 valence electrons. The fourth-order valence-corrected chi connectivity index (χ4v) is 3.87. The van der Waals surface area contributed by atoms with E-state index in [1.165, 1.54) is 17.8 Å². The summed E-state index contributed by atoms with van der Waals surface area (Å²) >= 11 is 1.53. The molecular weight excluding hydrogens is 375 g/mol. The van der Waals surface area contributed by atoms with E-state index >= 15 is 0 Å². The Morgan fingerprint density at radius 1 is 1.11 bits per heavy atom. The maximum atomic E-state index is 12.6. The van der Waals surface area contributed by atoms with Crippen LogP contribution in [0.5, 0.6) is 0 Å². The van der Waals surface area contributed by atoms with Crippen LogP contribution in [0.1, 0.15) is 11.1 Å². The first kappa shape index (κ1) is 19.5. The number of aryl methyl sites for hydroxylation is 1. The van der Waals surface area contributed by atoms with Gasteiger partial charge in [0.25, 0.3) is 5.82 Å². The van der Waals surface area contributed by atoms with Crippen molar-refractivity contribution < 1.29 is 22.9 Å². The smallest absolute Gasteiger partial charge is 0.334 e. The van der Waals surface area contributed by atoms with E-state index in [-0.39, 0.29) is 5.91 Å². The van der Waals surface area contributed by atoms with Crippen LogP contribution in [-0.2, 0) is 11.0 Å². The largest absolute Gasteiger partial charge is 0.419 e. The highest BCUT2D eigenvalue weighted by molar-refractivity contribution is 8.00.